The van der Waals surface area contributed by atoms with Crippen LogP contribution in [0.4, 0.5) is 20.2 Å². The van der Waals surface area contributed by atoms with Crippen molar-refractivity contribution < 1.29 is 18.5 Å². The molecule has 0 radical (unpaired) electrons. The maximum absolute atomic E-state index is 13.5. The molecule has 1 rings (SSSR count). The SMILES string of the molecule is CC(CN)CCC(=O)Nc1c([N+](=O)[O-])ccc(F)c1F. The van der Waals surface area contributed by atoms with Crippen molar-refractivity contribution in [3.63, 3.8) is 0 Å². The van der Waals surface area contributed by atoms with E-state index >= 15 is 0 Å². The molecular weight excluding hydrogens is 272 g/mol. The Morgan fingerprint density at radius 3 is 2.70 bits per heavy atom. The lowest BCUT2D eigenvalue weighted by Gasteiger charge is -2.10. The molecule has 0 saturated heterocycles. The molecule has 1 aromatic carbocycles. The average molecular weight is 287 g/mol. The van der Waals surface area contributed by atoms with E-state index in [1.165, 1.54) is 0 Å². The summed E-state index contributed by atoms with van der Waals surface area (Å²) in [4.78, 5) is 21.4. The highest BCUT2D eigenvalue weighted by Crippen LogP contribution is 2.29. The maximum Gasteiger partial charge on any atom is 0.296 e. The highest BCUT2D eigenvalue weighted by molar-refractivity contribution is 5.93. The number of amides is 1. The summed E-state index contributed by atoms with van der Waals surface area (Å²) in [5.41, 5.74) is 3.95. The van der Waals surface area contributed by atoms with E-state index in [9.17, 15) is 23.7 Å². The lowest BCUT2D eigenvalue weighted by molar-refractivity contribution is -0.384. The molecule has 8 heteroatoms. The minimum atomic E-state index is -1.44. The van der Waals surface area contributed by atoms with Crippen LogP contribution >= 0.6 is 0 Å². The van der Waals surface area contributed by atoms with Gasteiger partial charge in [0.1, 0.15) is 0 Å². The lowest BCUT2D eigenvalue weighted by atomic mass is 10.1. The van der Waals surface area contributed by atoms with Crippen molar-refractivity contribution in [1.29, 1.82) is 0 Å². The van der Waals surface area contributed by atoms with Crippen LogP contribution in [-0.4, -0.2) is 17.4 Å². The number of nitrogens with one attached hydrogen (secondary N) is 1. The van der Waals surface area contributed by atoms with Gasteiger partial charge in [-0.3, -0.25) is 14.9 Å². The predicted molar refractivity (Wildman–Crippen MR) is 69.1 cm³/mol. The first kappa shape index (κ1) is 16.0. The molecule has 1 atom stereocenters. The summed E-state index contributed by atoms with van der Waals surface area (Å²) in [5.74, 6) is -3.24. The molecule has 0 fully saturated rings. The fourth-order valence-electron chi connectivity index (χ4n) is 1.51. The first-order valence-electron chi connectivity index (χ1n) is 5.99. The van der Waals surface area contributed by atoms with Crippen molar-refractivity contribution >= 4 is 17.3 Å². The zero-order valence-corrected chi connectivity index (χ0v) is 10.9. The Morgan fingerprint density at radius 1 is 1.50 bits per heavy atom. The molecular formula is C12H15F2N3O3. The van der Waals surface area contributed by atoms with Gasteiger partial charge in [0.2, 0.25) is 5.91 Å². The Hall–Kier alpha value is -2.09. The van der Waals surface area contributed by atoms with Gasteiger partial charge < -0.3 is 11.1 Å². The number of nitro benzene ring substituents is 1. The third kappa shape index (κ3) is 3.95. The van der Waals surface area contributed by atoms with Gasteiger partial charge >= 0.3 is 0 Å². The number of carbonyl (C=O) groups is 1. The summed E-state index contributed by atoms with van der Waals surface area (Å²) < 4.78 is 26.6. The molecule has 0 aliphatic carbocycles. The number of rotatable bonds is 6. The fraction of sp³-hybridized carbons (Fsp3) is 0.417. The molecule has 3 N–H and O–H groups in total. The molecule has 0 aliphatic rings. The van der Waals surface area contributed by atoms with Crippen LogP contribution in [0.15, 0.2) is 12.1 Å². The van der Waals surface area contributed by atoms with Crippen molar-refractivity contribution in [2.75, 3.05) is 11.9 Å². The van der Waals surface area contributed by atoms with Crippen LogP contribution < -0.4 is 11.1 Å². The standard InChI is InChI=1S/C12H15F2N3O3/c1-7(6-15)2-5-10(18)16-12-9(17(19)20)4-3-8(13)11(12)14/h3-4,7H,2,5-6,15H2,1H3,(H,16,18). The minimum Gasteiger partial charge on any atom is -0.330 e. The summed E-state index contributed by atoms with van der Waals surface area (Å²) in [6, 6.07) is 1.44. The Bertz CT molecular complexity index is 523. The number of carbonyl (C=O) groups excluding carboxylic acids is 1. The van der Waals surface area contributed by atoms with Crippen LogP contribution in [0.25, 0.3) is 0 Å². The van der Waals surface area contributed by atoms with Crippen LogP contribution in [-0.2, 0) is 4.79 Å². The van der Waals surface area contributed by atoms with Gasteiger partial charge in [-0.25, -0.2) is 8.78 Å². The van der Waals surface area contributed by atoms with E-state index in [-0.39, 0.29) is 12.3 Å². The van der Waals surface area contributed by atoms with E-state index in [1.807, 2.05) is 12.2 Å². The zero-order chi connectivity index (χ0) is 15.3. The number of hydrogen-bond acceptors (Lipinski definition) is 4. The van der Waals surface area contributed by atoms with Gasteiger partial charge in [0.25, 0.3) is 5.69 Å². The van der Waals surface area contributed by atoms with Gasteiger partial charge in [0.15, 0.2) is 17.3 Å². The summed E-state index contributed by atoms with van der Waals surface area (Å²) in [6.07, 6.45) is 0.471. The smallest absolute Gasteiger partial charge is 0.296 e. The van der Waals surface area contributed by atoms with E-state index in [0.717, 1.165) is 6.07 Å². The van der Waals surface area contributed by atoms with Gasteiger partial charge in [0, 0.05) is 12.5 Å². The van der Waals surface area contributed by atoms with Crippen LogP contribution in [0.1, 0.15) is 19.8 Å². The number of nitrogens with two attached hydrogens (primary N) is 1. The number of hydrogen-bond donors (Lipinski definition) is 2. The van der Waals surface area contributed by atoms with Gasteiger partial charge in [-0.2, -0.15) is 0 Å². The van der Waals surface area contributed by atoms with E-state index < -0.39 is 33.8 Å². The average Bonchev–Trinajstić information content (AvgIpc) is 2.41. The second-order valence-electron chi connectivity index (χ2n) is 4.44. The first-order valence-corrected chi connectivity index (χ1v) is 5.99. The van der Waals surface area contributed by atoms with Gasteiger partial charge in [-0.15, -0.1) is 0 Å². The molecule has 20 heavy (non-hydrogen) atoms. The Morgan fingerprint density at radius 2 is 2.15 bits per heavy atom. The van der Waals surface area contributed by atoms with E-state index in [1.54, 1.807) is 0 Å². The molecule has 1 amide bonds. The van der Waals surface area contributed by atoms with Crippen LogP contribution in [0.2, 0.25) is 0 Å². The normalized spacial score (nSPS) is 12.0. The van der Waals surface area contributed by atoms with Crippen molar-refractivity contribution in [2.24, 2.45) is 11.7 Å². The molecule has 0 aromatic heterocycles. The minimum absolute atomic E-state index is 0.0193. The Balaban J connectivity index is 2.88. The monoisotopic (exact) mass is 287 g/mol. The maximum atomic E-state index is 13.5. The number of benzene rings is 1. The molecule has 0 spiro atoms. The Labute approximate surface area is 114 Å². The summed E-state index contributed by atoms with van der Waals surface area (Å²) >= 11 is 0. The van der Waals surface area contributed by atoms with Crippen LogP contribution in [0, 0.1) is 27.7 Å². The van der Waals surface area contributed by atoms with Crippen LogP contribution in [0.3, 0.4) is 0 Å². The van der Waals surface area contributed by atoms with Crippen molar-refractivity contribution in [1.82, 2.24) is 0 Å². The van der Waals surface area contributed by atoms with Crippen molar-refractivity contribution in [2.45, 2.75) is 19.8 Å². The highest BCUT2D eigenvalue weighted by Gasteiger charge is 2.23. The fourth-order valence-corrected chi connectivity index (χ4v) is 1.51. The third-order valence-corrected chi connectivity index (χ3v) is 2.80. The summed E-state index contributed by atoms with van der Waals surface area (Å²) in [7, 11) is 0. The largest absolute Gasteiger partial charge is 0.330 e. The Kier molecular flexibility index (Phi) is 5.51. The first-order chi connectivity index (χ1) is 9.36. The van der Waals surface area contributed by atoms with Crippen molar-refractivity contribution in [3.05, 3.63) is 33.9 Å². The van der Waals surface area contributed by atoms with Crippen LogP contribution in [0.5, 0.6) is 0 Å². The van der Waals surface area contributed by atoms with Gasteiger partial charge in [-0.1, -0.05) is 6.92 Å². The molecule has 1 unspecified atom stereocenters. The van der Waals surface area contributed by atoms with E-state index in [4.69, 9.17) is 5.73 Å². The second-order valence-corrected chi connectivity index (χ2v) is 4.44. The lowest BCUT2D eigenvalue weighted by Crippen LogP contribution is -2.18. The van der Waals surface area contributed by atoms with Crippen molar-refractivity contribution in [3.8, 4) is 0 Å². The number of nitro groups is 1. The number of halogens is 2. The molecule has 110 valence electrons. The van der Waals surface area contributed by atoms with E-state index in [0.29, 0.717) is 19.0 Å². The molecule has 0 bridgehead atoms. The third-order valence-electron chi connectivity index (χ3n) is 2.80. The van der Waals surface area contributed by atoms with Gasteiger partial charge in [0.05, 0.1) is 4.92 Å². The zero-order valence-electron chi connectivity index (χ0n) is 10.9. The van der Waals surface area contributed by atoms with Gasteiger partial charge in [-0.05, 0) is 24.9 Å². The molecule has 6 nitrogen and oxygen atoms in total. The quantitative estimate of drug-likeness (QED) is 0.619. The summed E-state index contributed by atoms with van der Waals surface area (Å²) in [5, 5.41) is 12.8. The second kappa shape index (κ2) is 6.90. The molecule has 0 saturated carbocycles. The molecule has 0 aliphatic heterocycles. The highest BCUT2D eigenvalue weighted by atomic mass is 19.2. The number of nitrogens with zero attached hydrogens (tertiary/aromatic N) is 1. The molecule has 0 heterocycles. The number of anilines is 1. The molecule has 1 aromatic rings. The topological polar surface area (TPSA) is 98.3 Å². The van der Waals surface area contributed by atoms with E-state index in [2.05, 4.69) is 0 Å². The predicted octanol–water partition coefficient (Wildman–Crippen LogP) is 2.19. The summed E-state index contributed by atoms with van der Waals surface area (Å²) in [6.45, 7) is 2.22.